The molecule has 0 radical (unpaired) electrons. The second-order valence-electron chi connectivity index (χ2n) is 1.61. The van der Waals surface area contributed by atoms with Crippen molar-refractivity contribution in [1.29, 1.82) is 0 Å². The van der Waals surface area contributed by atoms with Gasteiger partial charge in [-0.1, -0.05) is 0 Å². The molecule has 4 nitrogen and oxygen atoms in total. The van der Waals surface area contributed by atoms with Gasteiger partial charge in [0.1, 0.15) is 15.4 Å². The van der Waals surface area contributed by atoms with Crippen molar-refractivity contribution >= 4 is 37.0 Å². The molecule has 0 saturated heterocycles. The molecule has 7 heteroatoms. The van der Waals surface area contributed by atoms with Gasteiger partial charge in [0.25, 0.3) is 0 Å². The van der Waals surface area contributed by atoms with Crippen LogP contribution in [-0.2, 0) is 28.9 Å². The van der Waals surface area contributed by atoms with Crippen LogP contribution in [0.25, 0.3) is 0 Å². The maximum Gasteiger partial charge on any atom is 0.403 e. The Hall–Kier alpha value is 0.0900. The summed E-state index contributed by atoms with van der Waals surface area (Å²) >= 11 is 9.21. The summed E-state index contributed by atoms with van der Waals surface area (Å²) in [6.07, 6.45) is 1.27. The van der Waals surface area contributed by atoms with Gasteiger partial charge in [0.15, 0.2) is 0 Å². The van der Waals surface area contributed by atoms with Gasteiger partial charge >= 0.3 is 5.43 Å². The molecule has 1 atom stereocenters. The van der Waals surface area contributed by atoms with E-state index in [0.29, 0.717) is 0 Å². The van der Waals surface area contributed by atoms with E-state index in [4.69, 9.17) is 11.6 Å². The summed E-state index contributed by atoms with van der Waals surface area (Å²) in [5.74, 6) is 0. The third-order valence-corrected chi connectivity index (χ3v) is 1.59. The van der Waals surface area contributed by atoms with E-state index in [2.05, 4.69) is 20.1 Å². The average Bonchev–Trinajstić information content (AvgIpc) is 1.78. The summed E-state index contributed by atoms with van der Waals surface area (Å²) in [5, 5.41) is 0. The monoisotopic (exact) mass is 218 g/mol. The summed E-state index contributed by atoms with van der Waals surface area (Å²) < 4.78 is 19.5. The summed E-state index contributed by atoms with van der Waals surface area (Å²) in [4.78, 5) is 9.96. The molecule has 0 heterocycles. The van der Waals surface area contributed by atoms with E-state index in [1.807, 2.05) is 0 Å². The minimum Gasteiger partial charge on any atom is -0.451 e. The SMILES string of the molecule is CS(=O)(=S)OCCOC(=O)Cl. The number of carbonyl (C=O) groups excluding carboxylic acids is 1. The van der Waals surface area contributed by atoms with Gasteiger partial charge in [-0.25, -0.2) is 9.00 Å². The number of hydrogen-bond donors (Lipinski definition) is 0. The first-order valence-electron chi connectivity index (χ1n) is 2.58. The molecule has 0 aromatic rings. The van der Waals surface area contributed by atoms with Crippen molar-refractivity contribution < 1.29 is 17.9 Å². The average molecular weight is 219 g/mol. The second kappa shape index (κ2) is 4.87. The molecule has 0 aromatic carbocycles. The molecule has 0 amide bonds. The summed E-state index contributed by atoms with van der Waals surface area (Å²) in [7, 11) is -2.62. The van der Waals surface area contributed by atoms with Crippen LogP contribution >= 0.6 is 11.6 Å². The lowest BCUT2D eigenvalue weighted by atomic mass is 10.8. The number of hydrogen-bond acceptors (Lipinski definition) is 5. The Morgan fingerprint density at radius 2 is 2.18 bits per heavy atom. The van der Waals surface area contributed by atoms with Crippen LogP contribution in [-0.4, -0.2) is 29.1 Å². The number of carbonyl (C=O) groups is 1. The van der Waals surface area contributed by atoms with E-state index >= 15 is 0 Å². The normalized spacial score (nSPS) is 15.5. The molecule has 1 unspecified atom stereocenters. The van der Waals surface area contributed by atoms with Gasteiger partial charge < -0.3 is 4.74 Å². The fourth-order valence-corrected chi connectivity index (χ4v) is 0.959. The lowest BCUT2D eigenvalue weighted by Gasteiger charge is -2.01. The van der Waals surface area contributed by atoms with Crippen molar-refractivity contribution in [2.75, 3.05) is 19.5 Å². The fraction of sp³-hybridized carbons (Fsp3) is 0.750. The Morgan fingerprint density at radius 1 is 1.64 bits per heavy atom. The molecule has 0 spiro atoms. The molecular formula is C4H7ClO4S2. The molecule has 0 saturated carbocycles. The Labute approximate surface area is 74.7 Å². The topological polar surface area (TPSA) is 52.6 Å². The van der Waals surface area contributed by atoms with Crippen LogP contribution in [0.4, 0.5) is 4.79 Å². The molecule has 0 aliphatic heterocycles. The lowest BCUT2D eigenvalue weighted by molar-refractivity contribution is 0.152. The van der Waals surface area contributed by atoms with E-state index in [9.17, 15) is 9.00 Å². The van der Waals surface area contributed by atoms with Crippen LogP contribution in [0.15, 0.2) is 0 Å². The number of ether oxygens (including phenoxy) is 1. The molecule has 0 fully saturated rings. The molecule has 0 aromatic heterocycles. The summed E-state index contributed by atoms with van der Waals surface area (Å²) in [6, 6.07) is 0. The van der Waals surface area contributed by atoms with Crippen molar-refractivity contribution in [2.45, 2.75) is 0 Å². The highest BCUT2D eigenvalue weighted by molar-refractivity contribution is 8.29. The molecule has 0 rings (SSSR count). The Morgan fingerprint density at radius 3 is 2.55 bits per heavy atom. The smallest absolute Gasteiger partial charge is 0.403 e. The van der Waals surface area contributed by atoms with E-state index < -0.39 is 14.2 Å². The minimum atomic E-state index is -2.62. The highest BCUT2D eigenvalue weighted by atomic mass is 35.5. The first kappa shape index (κ1) is 11.1. The van der Waals surface area contributed by atoms with Gasteiger partial charge in [0.05, 0.1) is 6.61 Å². The first-order chi connectivity index (χ1) is 4.92. The van der Waals surface area contributed by atoms with Crippen LogP contribution < -0.4 is 0 Å². The highest BCUT2D eigenvalue weighted by Gasteiger charge is 1.98. The van der Waals surface area contributed by atoms with Crippen LogP contribution in [0, 0.1) is 0 Å². The quantitative estimate of drug-likeness (QED) is 0.513. The highest BCUT2D eigenvalue weighted by Crippen LogP contribution is 1.90. The van der Waals surface area contributed by atoms with Crippen molar-refractivity contribution in [2.24, 2.45) is 0 Å². The molecule has 0 bridgehead atoms. The first-order valence-corrected chi connectivity index (χ1v) is 5.78. The fourth-order valence-electron chi connectivity index (χ4n) is 0.307. The van der Waals surface area contributed by atoms with Gasteiger partial charge in [-0.2, -0.15) is 0 Å². The molecule has 0 aliphatic carbocycles. The molecular weight excluding hydrogens is 212 g/mol. The summed E-state index contributed by atoms with van der Waals surface area (Å²) in [6.45, 7) is -0.0406. The van der Waals surface area contributed by atoms with Crippen LogP contribution in [0.1, 0.15) is 0 Å². The third-order valence-electron chi connectivity index (χ3n) is 0.596. The van der Waals surface area contributed by atoms with Crippen molar-refractivity contribution in [3.63, 3.8) is 0 Å². The minimum absolute atomic E-state index is 0.00269. The Balaban J connectivity index is 3.37. The predicted octanol–water partition coefficient (Wildman–Crippen LogP) is 0.670. The zero-order valence-electron chi connectivity index (χ0n) is 5.74. The van der Waals surface area contributed by atoms with Crippen molar-refractivity contribution in [3.8, 4) is 0 Å². The van der Waals surface area contributed by atoms with Gasteiger partial charge in [0, 0.05) is 29.0 Å². The van der Waals surface area contributed by atoms with Gasteiger partial charge in [-0.3, -0.25) is 4.18 Å². The molecule has 0 aliphatic rings. The maximum absolute atomic E-state index is 10.7. The third kappa shape index (κ3) is 10.1. The van der Waals surface area contributed by atoms with E-state index in [0.717, 1.165) is 0 Å². The van der Waals surface area contributed by atoms with E-state index in [1.165, 1.54) is 6.26 Å². The van der Waals surface area contributed by atoms with E-state index in [1.54, 1.807) is 0 Å². The van der Waals surface area contributed by atoms with Crippen molar-refractivity contribution in [1.82, 2.24) is 0 Å². The van der Waals surface area contributed by atoms with Crippen LogP contribution in [0.2, 0.25) is 0 Å². The van der Waals surface area contributed by atoms with Gasteiger partial charge in [-0.05, 0) is 0 Å². The lowest BCUT2D eigenvalue weighted by Crippen LogP contribution is -2.09. The van der Waals surface area contributed by atoms with Gasteiger partial charge in [0.2, 0.25) is 0 Å². The standard InChI is InChI=1S/C4H7ClO4S2/c1-11(7,10)9-3-2-8-4(5)6/h2-3H2,1H3. The Bertz CT molecular complexity index is 222. The molecule has 0 N–H and O–H groups in total. The number of rotatable bonds is 4. The number of halogens is 1. The molecule has 11 heavy (non-hydrogen) atoms. The second-order valence-corrected chi connectivity index (χ2v) is 5.38. The zero-order valence-corrected chi connectivity index (χ0v) is 8.13. The maximum atomic E-state index is 10.7. The molecule has 66 valence electrons. The Kier molecular flexibility index (Phi) is 4.91. The van der Waals surface area contributed by atoms with Crippen LogP contribution in [0.3, 0.4) is 0 Å². The summed E-state index contributed by atoms with van der Waals surface area (Å²) in [5.41, 5.74) is -0.916. The van der Waals surface area contributed by atoms with Crippen LogP contribution in [0.5, 0.6) is 0 Å². The largest absolute Gasteiger partial charge is 0.451 e. The van der Waals surface area contributed by atoms with Crippen molar-refractivity contribution in [3.05, 3.63) is 0 Å². The zero-order chi connectivity index (χ0) is 8.91. The van der Waals surface area contributed by atoms with Gasteiger partial charge in [-0.15, -0.1) is 0 Å². The van der Waals surface area contributed by atoms with E-state index in [-0.39, 0.29) is 13.2 Å². The predicted molar refractivity (Wildman–Crippen MR) is 44.6 cm³/mol.